The molecule has 0 saturated heterocycles. The maximum absolute atomic E-state index is 11.2. The van der Waals surface area contributed by atoms with E-state index < -0.39 is 0 Å². The third-order valence-corrected chi connectivity index (χ3v) is 4.31. The molecule has 9 heteroatoms. The van der Waals surface area contributed by atoms with Gasteiger partial charge < -0.3 is 9.84 Å². The predicted molar refractivity (Wildman–Crippen MR) is 98.1 cm³/mol. The number of carbonyl (C=O) groups excluding carboxylic acids is 1. The normalized spacial score (nSPS) is 11.1. The van der Waals surface area contributed by atoms with E-state index in [9.17, 15) is 4.79 Å². The summed E-state index contributed by atoms with van der Waals surface area (Å²) < 4.78 is 7.13. The van der Waals surface area contributed by atoms with Crippen molar-refractivity contribution in [2.45, 2.75) is 38.1 Å². The second kappa shape index (κ2) is 8.13. The summed E-state index contributed by atoms with van der Waals surface area (Å²) in [5, 5.41) is 15.6. The minimum Gasteiger partial charge on any atom is -0.338 e. The summed E-state index contributed by atoms with van der Waals surface area (Å²) >= 11 is 1.46. The van der Waals surface area contributed by atoms with Gasteiger partial charge in [-0.3, -0.25) is 9.36 Å². The van der Waals surface area contributed by atoms with Crippen LogP contribution in [-0.4, -0.2) is 30.8 Å². The van der Waals surface area contributed by atoms with E-state index in [1.165, 1.54) is 18.7 Å². The zero-order chi connectivity index (χ0) is 18.5. The summed E-state index contributed by atoms with van der Waals surface area (Å²) in [6.07, 6.45) is 2.42. The molecule has 2 heterocycles. The lowest BCUT2D eigenvalue weighted by molar-refractivity contribution is -0.114. The van der Waals surface area contributed by atoms with Gasteiger partial charge >= 0.3 is 0 Å². The molecular formula is C17H20N6O2S. The molecule has 0 aliphatic heterocycles. The van der Waals surface area contributed by atoms with Crippen LogP contribution >= 0.6 is 11.8 Å². The summed E-state index contributed by atoms with van der Waals surface area (Å²) in [5.41, 5.74) is 1.57. The molecule has 0 fully saturated rings. The number of aromatic nitrogens is 5. The highest BCUT2D eigenvalue weighted by molar-refractivity contribution is 7.98. The molecule has 0 spiro atoms. The monoisotopic (exact) mass is 372 g/mol. The summed E-state index contributed by atoms with van der Waals surface area (Å²) in [6.45, 7) is 5.70. The fourth-order valence-corrected chi connectivity index (χ4v) is 3.13. The first-order valence-corrected chi connectivity index (χ1v) is 9.22. The molecule has 0 atom stereocenters. The molecule has 2 aromatic heterocycles. The van der Waals surface area contributed by atoms with Crippen molar-refractivity contribution >= 4 is 23.4 Å². The quantitative estimate of drug-likeness (QED) is 0.636. The van der Waals surface area contributed by atoms with E-state index in [-0.39, 0.29) is 5.91 Å². The number of carbonyl (C=O) groups is 1. The number of hydrogen-bond acceptors (Lipinski definition) is 7. The van der Waals surface area contributed by atoms with E-state index in [1.54, 1.807) is 6.33 Å². The van der Waals surface area contributed by atoms with Crippen LogP contribution in [-0.2, 0) is 17.0 Å². The highest BCUT2D eigenvalue weighted by atomic mass is 32.2. The van der Waals surface area contributed by atoms with Gasteiger partial charge in [0, 0.05) is 19.0 Å². The molecule has 1 amide bonds. The van der Waals surface area contributed by atoms with Crippen LogP contribution in [0, 0.1) is 5.92 Å². The van der Waals surface area contributed by atoms with Gasteiger partial charge in [-0.2, -0.15) is 4.98 Å². The number of nitrogens with zero attached hydrogens (tertiary/aromatic N) is 5. The van der Waals surface area contributed by atoms with E-state index in [0.717, 1.165) is 23.6 Å². The Morgan fingerprint density at radius 1 is 1.38 bits per heavy atom. The van der Waals surface area contributed by atoms with Crippen LogP contribution in [0.2, 0.25) is 0 Å². The van der Waals surface area contributed by atoms with Crippen LogP contribution in [0.4, 0.5) is 5.69 Å². The van der Waals surface area contributed by atoms with Gasteiger partial charge in [-0.05, 0) is 24.1 Å². The van der Waals surface area contributed by atoms with E-state index >= 15 is 0 Å². The maximum Gasteiger partial charge on any atom is 0.237 e. The number of thioether (sulfide) groups is 1. The molecule has 0 saturated carbocycles. The Bertz CT molecular complexity index is 889. The number of benzene rings is 1. The first-order chi connectivity index (χ1) is 12.5. The second-order valence-corrected chi connectivity index (χ2v) is 7.15. The maximum atomic E-state index is 11.2. The predicted octanol–water partition coefficient (Wildman–Crippen LogP) is 3.10. The van der Waals surface area contributed by atoms with Crippen LogP contribution in [0.3, 0.4) is 0 Å². The zero-order valence-electron chi connectivity index (χ0n) is 14.8. The van der Waals surface area contributed by atoms with Gasteiger partial charge in [0.25, 0.3) is 0 Å². The molecular weight excluding hydrogens is 352 g/mol. The van der Waals surface area contributed by atoms with Gasteiger partial charge in [-0.1, -0.05) is 36.8 Å². The van der Waals surface area contributed by atoms with E-state index in [4.69, 9.17) is 4.52 Å². The molecule has 0 aliphatic carbocycles. The number of anilines is 1. The van der Waals surface area contributed by atoms with Crippen molar-refractivity contribution in [1.29, 1.82) is 0 Å². The van der Waals surface area contributed by atoms with Crippen LogP contribution < -0.4 is 5.32 Å². The average molecular weight is 372 g/mol. The van der Waals surface area contributed by atoms with Crippen molar-refractivity contribution in [2.24, 2.45) is 5.92 Å². The van der Waals surface area contributed by atoms with Crippen LogP contribution in [0.25, 0.3) is 5.69 Å². The van der Waals surface area contributed by atoms with Crippen molar-refractivity contribution in [3.8, 4) is 5.69 Å². The van der Waals surface area contributed by atoms with E-state index in [0.29, 0.717) is 22.7 Å². The highest BCUT2D eigenvalue weighted by Gasteiger charge is 2.12. The van der Waals surface area contributed by atoms with Crippen molar-refractivity contribution < 1.29 is 9.32 Å². The zero-order valence-corrected chi connectivity index (χ0v) is 15.7. The Morgan fingerprint density at radius 3 is 3.00 bits per heavy atom. The summed E-state index contributed by atoms with van der Waals surface area (Å²) in [7, 11) is 0. The Morgan fingerprint density at radius 2 is 2.23 bits per heavy atom. The van der Waals surface area contributed by atoms with Crippen molar-refractivity contribution in [1.82, 2.24) is 24.9 Å². The highest BCUT2D eigenvalue weighted by Crippen LogP contribution is 2.24. The smallest absolute Gasteiger partial charge is 0.237 e. The molecule has 1 aromatic carbocycles. The molecule has 0 aliphatic rings. The number of amides is 1. The fraction of sp³-hybridized carbons (Fsp3) is 0.353. The Hall–Kier alpha value is -2.68. The van der Waals surface area contributed by atoms with Crippen molar-refractivity contribution in [2.75, 3.05) is 5.32 Å². The molecule has 1 N–H and O–H groups in total. The molecule has 26 heavy (non-hydrogen) atoms. The fourth-order valence-electron chi connectivity index (χ4n) is 2.36. The SMILES string of the molecule is CC(=O)Nc1cccc(-n2cnnc2SCc2nc(CC(C)C)no2)c1. The number of nitrogens with one attached hydrogen (secondary N) is 1. The lowest BCUT2D eigenvalue weighted by Crippen LogP contribution is -2.06. The van der Waals surface area contributed by atoms with Crippen LogP contribution in [0.1, 0.15) is 32.5 Å². The van der Waals surface area contributed by atoms with Gasteiger partial charge in [0.2, 0.25) is 11.8 Å². The first kappa shape index (κ1) is 18.1. The van der Waals surface area contributed by atoms with E-state index in [2.05, 4.69) is 39.5 Å². The van der Waals surface area contributed by atoms with Gasteiger partial charge in [0.15, 0.2) is 11.0 Å². The third kappa shape index (κ3) is 4.69. The molecule has 0 radical (unpaired) electrons. The lowest BCUT2D eigenvalue weighted by Gasteiger charge is -2.08. The molecule has 0 unspecified atom stereocenters. The van der Waals surface area contributed by atoms with Crippen molar-refractivity contribution in [3.63, 3.8) is 0 Å². The lowest BCUT2D eigenvalue weighted by atomic mass is 10.1. The first-order valence-electron chi connectivity index (χ1n) is 8.23. The second-order valence-electron chi connectivity index (χ2n) is 6.21. The van der Waals surface area contributed by atoms with Gasteiger partial charge in [-0.25, -0.2) is 0 Å². The molecule has 8 nitrogen and oxygen atoms in total. The molecule has 3 rings (SSSR count). The number of hydrogen-bond donors (Lipinski definition) is 1. The minimum atomic E-state index is -0.117. The van der Waals surface area contributed by atoms with Crippen LogP contribution in [0.5, 0.6) is 0 Å². The topological polar surface area (TPSA) is 98.7 Å². The molecule has 136 valence electrons. The standard InChI is InChI=1S/C17H20N6O2S/c1-11(2)7-15-20-16(25-22-15)9-26-17-21-18-10-23(17)14-6-4-5-13(8-14)19-12(3)24/h4-6,8,10-11H,7,9H2,1-3H3,(H,19,24). The summed E-state index contributed by atoms with van der Waals surface area (Å²) in [5.74, 6) is 2.16. The van der Waals surface area contributed by atoms with Gasteiger partial charge in [-0.15, -0.1) is 10.2 Å². The third-order valence-electron chi connectivity index (χ3n) is 3.39. The average Bonchev–Trinajstić information content (AvgIpc) is 3.21. The van der Waals surface area contributed by atoms with Gasteiger partial charge in [0.05, 0.1) is 11.4 Å². The van der Waals surface area contributed by atoms with Crippen molar-refractivity contribution in [3.05, 3.63) is 42.3 Å². The summed E-state index contributed by atoms with van der Waals surface area (Å²) in [4.78, 5) is 15.6. The largest absolute Gasteiger partial charge is 0.338 e. The minimum absolute atomic E-state index is 0.117. The van der Waals surface area contributed by atoms with Crippen LogP contribution in [0.15, 0.2) is 40.3 Å². The van der Waals surface area contributed by atoms with E-state index in [1.807, 2.05) is 28.8 Å². The Balaban J connectivity index is 1.71. The molecule has 3 aromatic rings. The summed E-state index contributed by atoms with van der Waals surface area (Å²) in [6, 6.07) is 7.48. The Labute approximate surface area is 155 Å². The van der Waals surface area contributed by atoms with Gasteiger partial charge in [0.1, 0.15) is 6.33 Å². The number of rotatable bonds is 7. The molecule has 0 bridgehead atoms. The Kier molecular flexibility index (Phi) is 5.67.